The van der Waals surface area contributed by atoms with E-state index in [4.69, 9.17) is 15.2 Å². The lowest BCUT2D eigenvalue weighted by Crippen LogP contribution is -1.78. The number of rotatable bonds is 1. The van der Waals surface area contributed by atoms with Crippen LogP contribution >= 0.6 is 0 Å². The van der Waals surface area contributed by atoms with Crippen molar-refractivity contribution in [1.82, 2.24) is 0 Å². The molecule has 1 aromatic carbocycles. The molecule has 0 aliphatic rings. The molecule has 0 aromatic heterocycles. The van der Waals surface area contributed by atoms with Gasteiger partial charge in [0.1, 0.15) is 0 Å². The fourth-order valence-corrected chi connectivity index (χ4v) is 0.687. The lowest BCUT2D eigenvalue weighted by Gasteiger charge is -1.88. The first kappa shape index (κ1) is 11.2. The smallest absolute Gasteiger partial charge is 0.300 e. The Bertz CT molecular complexity index is 284. The van der Waals surface area contributed by atoms with Gasteiger partial charge in [0.05, 0.1) is 12.5 Å². The molecule has 0 aliphatic carbocycles. The van der Waals surface area contributed by atoms with Crippen LogP contribution in [0.1, 0.15) is 12.5 Å². The van der Waals surface area contributed by atoms with Gasteiger partial charge >= 0.3 is 0 Å². The summed E-state index contributed by atoms with van der Waals surface area (Å²) in [6, 6.07) is 11.8. The van der Waals surface area contributed by atoms with Crippen molar-refractivity contribution in [3.05, 3.63) is 35.9 Å². The Labute approximate surface area is 77.2 Å². The predicted molar refractivity (Wildman–Crippen MR) is 49.1 cm³/mol. The van der Waals surface area contributed by atoms with E-state index in [2.05, 4.69) is 6.07 Å². The van der Waals surface area contributed by atoms with Gasteiger partial charge in [0, 0.05) is 6.92 Å². The predicted octanol–water partition coefficient (Wildman–Crippen LogP) is 1.84. The highest BCUT2D eigenvalue weighted by molar-refractivity contribution is 5.62. The first-order valence-electron chi connectivity index (χ1n) is 3.77. The van der Waals surface area contributed by atoms with Crippen LogP contribution in [0.25, 0.3) is 0 Å². The van der Waals surface area contributed by atoms with E-state index >= 15 is 0 Å². The number of nitriles is 1. The summed E-state index contributed by atoms with van der Waals surface area (Å²) in [4.78, 5) is 9.00. The quantitative estimate of drug-likeness (QED) is 0.712. The normalized spacial score (nSPS) is 7.69. The maximum absolute atomic E-state index is 9.00. The Kier molecular flexibility index (Phi) is 5.90. The summed E-state index contributed by atoms with van der Waals surface area (Å²) in [5, 5.41) is 15.7. The lowest BCUT2D eigenvalue weighted by atomic mass is 10.2. The Hall–Kier alpha value is -1.82. The van der Waals surface area contributed by atoms with Crippen molar-refractivity contribution < 1.29 is 9.90 Å². The van der Waals surface area contributed by atoms with Gasteiger partial charge < -0.3 is 5.11 Å². The molecule has 1 rings (SSSR count). The molecule has 0 radical (unpaired) electrons. The third-order valence-corrected chi connectivity index (χ3v) is 1.13. The number of hydrogen-bond donors (Lipinski definition) is 1. The number of benzene rings is 1. The average Bonchev–Trinajstić information content (AvgIpc) is 2.06. The molecule has 0 fully saturated rings. The van der Waals surface area contributed by atoms with Crippen molar-refractivity contribution in [3.63, 3.8) is 0 Å². The monoisotopic (exact) mass is 177 g/mol. The summed E-state index contributed by atoms with van der Waals surface area (Å²) < 4.78 is 0. The molecule has 0 saturated heterocycles. The van der Waals surface area contributed by atoms with Gasteiger partial charge in [0.2, 0.25) is 0 Å². The standard InChI is InChI=1S/C8H7N.C2H4O2/c9-7-6-8-4-2-1-3-5-8;1-2(3)4/h1-5H,6H2;1H3,(H,3,4). The fourth-order valence-electron chi connectivity index (χ4n) is 0.687. The van der Waals surface area contributed by atoms with Crippen LogP contribution in [0.3, 0.4) is 0 Å². The number of carboxylic acid groups (broad SMARTS) is 1. The molecule has 0 atom stereocenters. The van der Waals surface area contributed by atoms with Crippen molar-refractivity contribution in [2.75, 3.05) is 0 Å². The molecule has 0 spiro atoms. The van der Waals surface area contributed by atoms with Crippen LogP contribution in [0, 0.1) is 11.3 Å². The van der Waals surface area contributed by atoms with Crippen LogP contribution in [-0.2, 0) is 11.2 Å². The van der Waals surface area contributed by atoms with Crippen molar-refractivity contribution in [1.29, 1.82) is 5.26 Å². The minimum atomic E-state index is -0.833. The second-order valence-electron chi connectivity index (χ2n) is 2.34. The third kappa shape index (κ3) is 8.08. The largest absolute Gasteiger partial charge is 0.481 e. The van der Waals surface area contributed by atoms with Crippen LogP contribution in [0.2, 0.25) is 0 Å². The van der Waals surface area contributed by atoms with E-state index in [1.54, 1.807) is 0 Å². The van der Waals surface area contributed by atoms with E-state index in [1.165, 1.54) is 0 Å². The zero-order chi connectivity index (χ0) is 10.1. The molecule has 1 N–H and O–H groups in total. The second kappa shape index (κ2) is 6.86. The molecule has 3 nitrogen and oxygen atoms in total. The van der Waals surface area contributed by atoms with Gasteiger partial charge in [-0.2, -0.15) is 5.26 Å². The number of hydrogen-bond acceptors (Lipinski definition) is 2. The maximum atomic E-state index is 9.00. The highest BCUT2D eigenvalue weighted by atomic mass is 16.4. The number of carbonyl (C=O) groups is 1. The molecule has 1 aromatic rings. The van der Waals surface area contributed by atoms with Crippen molar-refractivity contribution in [3.8, 4) is 6.07 Å². The summed E-state index contributed by atoms with van der Waals surface area (Å²) >= 11 is 0. The van der Waals surface area contributed by atoms with Crippen LogP contribution in [-0.4, -0.2) is 11.1 Å². The van der Waals surface area contributed by atoms with Crippen LogP contribution in [0.4, 0.5) is 0 Å². The number of aliphatic carboxylic acids is 1. The van der Waals surface area contributed by atoms with E-state index in [0.29, 0.717) is 6.42 Å². The van der Waals surface area contributed by atoms with Crippen LogP contribution in [0.15, 0.2) is 30.3 Å². The van der Waals surface area contributed by atoms with Gasteiger partial charge in [-0.15, -0.1) is 0 Å². The summed E-state index contributed by atoms with van der Waals surface area (Å²) in [7, 11) is 0. The summed E-state index contributed by atoms with van der Waals surface area (Å²) in [6.07, 6.45) is 0.515. The molecular weight excluding hydrogens is 166 g/mol. The van der Waals surface area contributed by atoms with Gasteiger partial charge in [0.15, 0.2) is 0 Å². The molecule has 0 saturated carbocycles. The van der Waals surface area contributed by atoms with Crippen LogP contribution in [0.5, 0.6) is 0 Å². The molecule has 13 heavy (non-hydrogen) atoms. The highest BCUT2D eigenvalue weighted by Crippen LogP contribution is 1.96. The van der Waals surface area contributed by atoms with Gasteiger partial charge in [-0.25, -0.2) is 0 Å². The Morgan fingerprint density at radius 3 is 2.31 bits per heavy atom. The molecule has 0 bridgehead atoms. The average molecular weight is 177 g/mol. The van der Waals surface area contributed by atoms with Gasteiger partial charge in [0.25, 0.3) is 5.97 Å². The van der Waals surface area contributed by atoms with Crippen molar-refractivity contribution in [2.45, 2.75) is 13.3 Å². The molecule has 0 heterocycles. The summed E-state index contributed by atoms with van der Waals surface area (Å²) in [5.41, 5.74) is 1.08. The SMILES string of the molecule is CC(=O)O.N#CCc1ccccc1. The first-order valence-corrected chi connectivity index (χ1v) is 3.77. The fraction of sp³-hybridized carbons (Fsp3) is 0.200. The minimum Gasteiger partial charge on any atom is -0.481 e. The zero-order valence-corrected chi connectivity index (χ0v) is 7.40. The molecule has 3 heteroatoms. The van der Waals surface area contributed by atoms with E-state index in [1.807, 2.05) is 30.3 Å². The molecule has 0 unspecified atom stereocenters. The van der Waals surface area contributed by atoms with Gasteiger partial charge in [-0.1, -0.05) is 30.3 Å². The molecule has 0 amide bonds. The zero-order valence-electron chi connectivity index (χ0n) is 7.40. The summed E-state index contributed by atoms with van der Waals surface area (Å²) in [5.74, 6) is -0.833. The lowest BCUT2D eigenvalue weighted by molar-refractivity contribution is -0.134. The number of nitrogens with zero attached hydrogens (tertiary/aromatic N) is 1. The van der Waals surface area contributed by atoms with Crippen molar-refractivity contribution >= 4 is 5.97 Å². The first-order chi connectivity index (χ1) is 6.16. The van der Waals surface area contributed by atoms with Gasteiger partial charge in [-0.05, 0) is 5.56 Å². The molecular formula is C10H11NO2. The second-order valence-corrected chi connectivity index (χ2v) is 2.34. The van der Waals surface area contributed by atoms with Gasteiger partial charge in [-0.3, -0.25) is 4.79 Å². The van der Waals surface area contributed by atoms with E-state index in [-0.39, 0.29) is 0 Å². The Balaban J connectivity index is 0.000000310. The summed E-state index contributed by atoms with van der Waals surface area (Å²) in [6.45, 7) is 1.08. The molecule has 0 aliphatic heterocycles. The maximum Gasteiger partial charge on any atom is 0.300 e. The topological polar surface area (TPSA) is 61.1 Å². The minimum absolute atomic E-state index is 0.515. The van der Waals surface area contributed by atoms with Crippen molar-refractivity contribution in [2.24, 2.45) is 0 Å². The van der Waals surface area contributed by atoms with E-state index < -0.39 is 5.97 Å². The van der Waals surface area contributed by atoms with Crippen LogP contribution < -0.4 is 0 Å². The Morgan fingerprint density at radius 1 is 1.46 bits per heavy atom. The molecule has 68 valence electrons. The highest BCUT2D eigenvalue weighted by Gasteiger charge is 1.84. The van der Waals surface area contributed by atoms with E-state index in [0.717, 1.165) is 12.5 Å². The third-order valence-electron chi connectivity index (χ3n) is 1.13. The van der Waals surface area contributed by atoms with E-state index in [9.17, 15) is 0 Å². The Morgan fingerprint density at radius 2 is 1.92 bits per heavy atom. The number of carboxylic acids is 1.